The Labute approximate surface area is 123 Å². The van der Waals surface area contributed by atoms with E-state index in [1.807, 2.05) is 18.2 Å². The summed E-state index contributed by atoms with van der Waals surface area (Å²) < 4.78 is 5.82. The van der Waals surface area contributed by atoms with Crippen LogP contribution in [0.3, 0.4) is 0 Å². The zero-order valence-corrected chi connectivity index (χ0v) is 13.1. The average molecular weight is 279 g/mol. The van der Waals surface area contributed by atoms with Crippen molar-refractivity contribution in [3.63, 3.8) is 0 Å². The van der Waals surface area contributed by atoms with Crippen molar-refractivity contribution >= 4 is 0 Å². The quantitative estimate of drug-likeness (QED) is 0.685. The van der Waals surface area contributed by atoms with Crippen LogP contribution in [-0.2, 0) is 0 Å². The van der Waals surface area contributed by atoms with Crippen LogP contribution in [0.4, 0.5) is 0 Å². The predicted octanol–water partition coefficient (Wildman–Crippen LogP) is 4.51. The highest BCUT2D eigenvalue weighted by Crippen LogP contribution is 2.20. The van der Waals surface area contributed by atoms with E-state index in [2.05, 4.69) is 25.8 Å². The second-order valence-corrected chi connectivity index (χ2v) is 5.46. The molecule has 1 heterocycles. The first-order chi connectivity index (χ1) is 9.71. The highest BCUT2D eigenvalue weighted by molar-refractivity contribution is 5.17. The van der Waals surface area contributed by atoms with Gasteiger partial charge >= 0.3 is 0 Å². The smallest absolute Gasteiger partial charge is 0.213 e. The summed E-state index contributed by atoms with van der Waals surface area (Å²) in [5.41, 5.74) is 0.715. The average Bonchev–Trinajstić information content (AvgIpc) is 2.46. The summed E-state index contributed by atoms with van der Waals surface area (Å²) in [5, 5.41) is 9.97. The standard InChI is InChI=1S/C17H29NO2/c1-4-8-14(9-5-2)13-20-17-12-7-11-15(18-17)16(19)10-6-3/h7,11-12,14,16,19H,4-6,8-10,13H2,1-3H3. The molecule has 1 unspecified atom stereocenters. The van der Waals surface area contributed by atoms with Gasteiger partial charge in [0.05, 0.1) is 18.4 Å². The van der Waals surface area contributed by atoms with Gasteiger partial charge in [-0.2, -0.15) is 0 Å². The van der Waals surface area contributed by atoms with Gasteiger partial charge in [-0.1, -0.05) is 46.1 Å². The zero-order valence-electron chi connectivity index (χ0n) is 13.1. The zero-order chi connectivity index (χ0) is 14.8. The summed E-state index contributed by atoms with van der Waals surface area (Å²) in [5.74, 6) is 1.24. The molecule has 20 heavy (non-hydrogen) atoms. The Morgan fingerprint density at radius 2 is 1.70 bits per heavy atom. The van der Waals surface area contributed by atoms with Crippen molar-refractivity contribution in [2.24, 2.45) is 5.92 Å². The van der Waals surface area contributed by atoms with Crippen LogP contribution in [0.1, 0.15) is 71.1 Å². The third-order valence-electron chi connectivity index (χ3n) is 3.51. The van der Waals surface area contributed by atoms with Crippen LogP contribution >= 0.6 is 0 Å². The van der Waals surface area contributed by atoms with Gasteiger partial charge in [0.25, 0.3) is 0 Å². The molecule has 1 N–H and O–H groups in total. The first-order valence-corrected chi connectivity index (χ1v) is 7.99. The lowest BCUT2D eigenvalue weighted by atomic mass is 9.99. The molecule has 1 atom stereocenters. The van der Waals surface area contributed by atoms with Crippen LogP contribution in [0.25, 0.3) is 0 Å². The Morgan fingerprint density at radius 1 is 1.05 bits per heavy atom. The summed E-state index contributed by atoms with van der Waals surface area (Å²) in [7, 11) is 0. The number of rotatable bonds is 10. The minimum Gasteiger partial charge on any atom is -0.477 e. The Kier molecular flexibility index (Phi) is 8.28. The molecule has 1 aromatic rings. The molecule has 0 saturated heterocycles. The molecule has 1 rings (SSSR count). The first-order valence-electron chi connectivity index (χ1n) is 7.99. The van der Waals surface area contributed by atoms with E-state index in [0.29, 0.717) is 17.5 Å². The van der Waals surface area contributed by atoms with E-state index in [1.54, 1.807) is 0 Å². The molecular weight excluding hydrogens is 250 g/mol. The van der Waals surface area contributed by atoms with E-state index in [9.17, 15) is 5.11 Å². The maximum atomic E-state index is 9.97. The molecule has 0 aliphatic rings. The van der Waals surface area contributed by atoms with Crippen LogP contribution in [0.5, 0.6) is 5.88 Å². The van der Waals surface area contributed by atoms with Gasteiger partial charge in [-0.25, -0.2) is 4.98 Å². The number of aliphatic hydroxyl groups is 1. The molecule has 3 nitrogen and oxygen atoms in total. The molecule has 0 aliphatic carbocycles. The number of nitrogens with zero attached hydrogens (tertiary/aromatic N) is 1. The van der Waals surface area contributed by atoms with Crippen LogP contribution < -0.4 is 4.74 Å². The van der Waals surface area contributed by atoms with Crippen molar-refractivity contribution in [1.29, 1.82) is 0 Å². The second kappa shape index (κ2) is 9.76. The van der Waals surface area contributed by atoms with Crippen LogP contribution in [0.15, 0.2) is 18.2 Å². The Balaban J connectivity index is 2.56. The highest BCUT2D eigenvalue weighted by atomic mass is 16.5. The van der Waals surface area contributed by atoms with E-state index in [1.165, 1.54) is 25.7 Å². The molecule has 0 aliphatic heterocycles. The molecular formula is C17H29NO2. The summed E-state index contributed by atoms with van der Waals surface area (Å²) in [6, 6.07) is 5.64. The van der Waals surface area contributed by atoms with Crippen molar-refractivity contribution in [3.05, 3.63) is 23.9 Å². The number of aliphatic hydroxyl groups excluding tert-OH is 1. The summed E-state index contributed by atoms with van der Waals surface area (Å²) >= 11 is 0. The molecule has 1 aromatic heterocycles. The van der Waals surface area contributed by atoms with Gasteiger partial charge in [0, 0.05) is 6.07 Å². The van der Waals surface area contributed by atoms with Gasteiger partial charge in [0.1, 0.15) is 0 Å². The molecule has 0 saturated carbocycles. The Hall–Kier alpha value is -1.09. The molecule has 0 bridgehead atoms. The number of hydrogen-bond donors (Lipinski definition) is 1. The highest BCUT2D eigenvalue weighted by Gasteiger charge is 2.11. The minimum atomic E-state index is -0.481. The number of ether oxygens (including phenoxy) is 1. The maximum absolute atomic E-state index is 9.97. The second-order valence-electron chi connectivity index (χ2n) is 5.46. The fraction of sp³-hybridized carbons (Fsp3) is 0.706. The minimum absolute atomic E-state index is 0.481. The van der Waals surface area contributed by atoms with Crippen molar-refractivity contribution < 1.29 is 9.84 Å². The fourth-order valence-electron chi connectivity index (χ4n) is 2.45. The molecule has 114 valence electrons. The Bertz CT molecular complexity index is 362. The number of hydrogen-bond acceptors (Lipinski definition) is 3. The lowest BCUT2D eigenvalue weighted by Gasteiger charge is -2.16. The number of pyridine rings is 1. The van der Waals surface area contributed by atoms with Gasteiger partial charge in [0.2, 0.25) is 5.88 Å². The summed E-state index contributed by atoms with van der Waals surface area (Å²) in [6.45, 7) is 7.21. The molecule has 0 amide bonds. The monoisotopic (exact) mass is 279 g/mol. The van der Waals surface area contributed by atoms with Crippen molar-refractivity contribution in [2.75, 3.05) is 6.61 Å². The molecule has 0 radical (unpaired) electrons. The maximum Gasteiger partial charge on any atom is 0.213 e. The van der Waals surface area contributed by atoms with Gasteiger partial charge in [-0.3, -0.25) is 0 Å². The van der Waals surface area contributed by atoms with Crippen LogP contribution in [0.2, 0.25) is 0 Å². The summed E-state index contributed by atoms with van der Waals surface area (Å²) in [6.07, 6.45) is 5.99. The van der Waals surface area contributed by atoms with E-state index < -0.39 is 6.10 Å². The van der Waals surface area contributed by atoms with E-state index in [4.69, 9.17) is 4.74 Å². The lowest BCUT2D eigenvalue weighted by Crippen LogP contribution is -2.13. The Morgan fingerprint density at radius 3 is 2.30 bits per heavy atom. The lowest BCUT2D eigenvalue weighted by molar-refractivity contribution is 0.159. The normalized spacial score (nSPS) is 12.7. The first kappa shape index (κ1) is 17.0. The largest absolute Gasteiger partial charge is 0.477 e. The molecule has 0 aromatic carbocycles. The van der Waals surface area contributed by atoms with E-state index in [-0.39, 0.29) is 0 Å². The third kappa shape index (κ3) is 5.91. The summed E-state index contributed by atoms with van der Waals surface area (Å²) in [4.78, 5) is 4.41. The SMILES string of the molecule is CCCC(CCC)COc1cccc(C(O)CCC)n1. The third-order valence-corrected chi connectivity index (χ3v) is 3.51. The number of aromatic nitrogens is 1. The van der Waals surface area contributed by atoms with Crippen molar-refractivity contribution in [2.45, 2.75) is 65.4 Å². The van der Waals surface area contributed by atoms with Crippen molar-refractivity contribution in [3.8, 4) is 5.88 Å². The van der Waals surface area contributed by atoms with Gasteiger partial charge in [0.15, 0.2) is 0 Å². The van der Waals surface area contributed by atoms with E-state index in [0.717, 1.165) is 19.4 Å². The van der Waals surface area contributed by atoms with Crippen LogP contribution in [-0.4, -0.2) is 16.7 Å². The van der Waals surface area contributed by atoms with Gasteiger partial charge in [-0.15, -0.1) is 0 Å². The molecule has 0 spiro atoms. The molecule has 3 heteroatoms. The van der Waals surface area contributed by atoms with Gasteiger partial charge < -0.3 is 9.84 Å². The fourth-order valence-corrected chi connectivity index (χ4v) is 2.45. The molecule has 0 fully saturated rings. The predicted molar refractivity (Wildman–Crippen MR) is 82.9 cm³/mol. The van der Waals surface area contributed by atoms with Gasteiger partial charge in [-0.05, 0) is 31.2 Å². The van der Waals surface area contributed by atoms with E-state index >= 15 is 0 Å². The van der Waals surface area contributed by atoms with Crippen LogP contribution in [0, 0.1) is 5.92 Å². The topological polar surface area (TPSA) is 42.4 Å². The van der Waals surface area contributed by atoms with Crippen molar-refractivity contribution in [1.82, 2.24) is 4.98 Å².